The van der Waals surface area contributed by atoms with Crippen LogP contribution in [0.5, 0.6) is 0 Å². The van der Waals surface area contributed by atoms with Crippen LogP contribution in [0.1, 0.15) is 17.0 Å². The maximum atomic E-state index is 12.4. The van der Waals surface area contributed by atoms with E-state index < -0.39 is 10.0 Å². The van der Waals surface area contributed by atoms with Crippen LogP contribution in [0.15, 0.2) is 53.7 Å². The van der Waals surface area contributed by atoms with E-state index in [1.807, 2.05) is 62.0 Å². The largest absolute Gasteiger partial charge is 0.369 e. The van der Waals surface area contributed by atoms with Gasteiger partial charge in [0.25, 0.3) is 0 Å². The number of hydrogen-bond donors (Lipinski definition) is 2. The van der Waals surface area contributed by atoms with Crippen LogP contribution < -0.4 is 10.0 Å². The van der Waals surface area contributed by atoms with Crippen LogP contribution in [-0.2, 0) is 10.0 Å². The summed E-state index contributed by atoms with van der Waals surface area (Å²) in [4.78, 5) is 9.02. The Labute approximate surface area is 159 Å². The molecule has 3 aromatic rings. The number of nitrogens with zero attached hydrogens (tertiary/aromatic N) is 3. The number of anilines is 1. The molecule has 0 atom stereocenters. The van der Waals surface area contributed by atoms with Crippen molar-refractivity contribution in [3.8, 4) is 5.82 Å². The van der Waals surface area contributed by atoms with Crippen LogP contribution >= 0.6 is 0 Å². The first-order valence-corrected chi connectivity index (χ1v) is 10.1. The Morgan fingerprint density at radius 1 is 0.963 bits per heavy atom. The van der Waals surface area contributed by atoms with Crippen LogP contribution in [0.4, 0.5) is 5.82 Å². The van der Waals surface area contributed by atoms with E-state index >= 15 is 0 Å². The molecule has 2 N–H and O–H groups in total. The summed E-state index contributed by atoms with van der Waals surface area (Å²) in [6.07, 6.45) is 3.81. The quantitative estimate of drug-likeness (QED) is 0.610. The van der Waals surface area contributed by atoms with Gasteiger partial charge in [-0.3, -0.25) is 0 Å². The van der Waals surface area contributed by atoms with Gasteiger partial charge in [0.1, 0.15) is 17.5 Å². The highest BCUT2D eigenvalue weighted by atomic mass is 32.2. The second-order valence-electron chi connectivity index (χ2n) is 6.32. The normalized spacial score (nSPS) is 11.5. The minimum absolute atomic E-state index is 0.247. The van der Waals surface area contributed by atoms with Crippen molar-refractivity contribution >= 4 is 15.8 Å². The first-order chi connectivity index (χ1) is 12.8. The molecule has 142 valence electrons. The summed E-state index contributed by atoms with van der Waals surface area (Å²) in [6, 6.07) is 10.8. The fraction of sp³-hybridized carbons (Fsp3) is 0.263. The van der Waals surface area contributed by atoms with E-state index in [9.17, 15) is 8.42 Å². The van der Waals surface area contributed by atoms with E-state index in [0.29, 0.717) is 18.2 Å². The minimum Gasteiger partial charge on any atom is -0.369 e. The van der Waals surface area contributed by atoms with E-state index in [2.05, 4.69) is 20.0 Å². The Bertz CT molecular complexity index is 1030. The van der Waals surface area contributed by atoms with Crippen LogP contribution in [0.3, 0.4) is 0 Å². The number of aryl methyl sites for hydroxylation is 3. The Morgan fingerprint density at radius 3 is 2.41 bits per heavy atom. The molecule has 0 aliphatic rings. The highest BCUT2D eigenvalue weighted by molar-refractivity contribution is 7.89. The number of aromatic nitrogens is 3. The van der Waals surface area contributed by atoms with E-state index in [-0.39, 0.29) is 11.4 Å². The number of nitrogens with one attached hydrogen (secondary N) is 2. The third-order valence-corrected chi connectivity index (χ3v) is 5.66. The lowest BCUT2D eigenvalue weighted by Crippen LogP contribution is -2.29. The first-order valence-electron chi connectivity index (χ1n) is 8.65. The molecule has 0 aliphatic heterocycles. The second kappa shape index (κ2) is 7.89. The molecular weight excluding hydrogens is 362 g/mol. The zero-order valence-electron chi connectivity index (χ0n) is 15.6. The number of benzene rings is 1. The maximum absolute atomic E-state index is 12.4. The lowest BCUT2D eigenvalue weighted by Gasteiger charge is -2.11. The van der Waals surface area contributed by atoms with Crippen molar-refractivity contribution in [2.24, 2.45) is 0 Å². The second-order valence-corrected chi connectivity index (χ2v) is 8.09. The van der Waals surface area contributed by atoms with Crippen molar-refractivity contribution in [3.05, 3.63) is 65.7 Å². The third-order valence-electron chi connectivity index (χ3n) is 4.21. The summed E-state index contributed by atoms with van der Waals surface area (Å²) in [6.45, 7) is 6.33. The van der Waals surface area contributed by atoms with Crippen molar-refractivity contribution in [3.63, 3.8) is 0 Å². The van der Waals surface area contributed by atoms with Gasteiger partial charge in [-0.25, -0.2) is 23.1 Å². The first kappa shape index (κ1) is 19.1. The standard InChI is InChI=1S/C19H23N5O2S/c1-14-6-7-17(12-15(14)2)27(25,26)21-9-8-20-18-13-19(23-16(3)22-18)24-10-4-5-11-24/h4-7,10-13,21H,8-9H2,1-3H3,(H,20,22,23). The van der Waals surface area contributed by atoms with Gasteiger partial charge in [-0.05, 0) is 56.2 Å². The van der Waals surface area contributed by atoms with Crippen LogP contribution in [-0.4, -0.2) is 36.0 Å². The van der Waals surface area contributed by atoms with Crippen LogP contribution in [0, 0.1) is 20.8 Å². The molecule has 27 heavy (non-hydrogen) atoms. The molecule has 0 fully saturated rings. The molecule has 0 unspecified atom stereocenters. The summed E-state index contributed by atoms with van der Waals surface area (Å²) in [5.74, 6) is 2.04. The van der Waals surface area contributed by atoms with Gasteiger partial charge in [0.2, 0.25) is 10.0 Å². The highest BCUT2D eigenvalue weighted by Gasteiger charge is 2.14. The summed E-state index contributed by atoms with van der Waals surface area (Å²) in [5.41, 5.74) is 2.01. The van der Waals surface area contributed by atoms with Crippen molar-refractivity contribution in [1.82, 2.24) is 19.3 Å². The molecule has 2 aromatic heterocycles. The van der Waals surface area contributed by atoms with E-state index in [1.54, 1.807) is 12.1 Å². The van der Waals surface area contributed by atoms with Crippen molar-refractivity contribution in [2.75, 3.05) is 18.4 Å². The minimum atomic E-state index is -3.53. The Hall–Kier alpha value is -2.71. The molecule has 0 spiro atoms. The van der Waals surface area contributed by atoms with Gasteiger partial charge in [-0.1, -0.05) is 6.07 Å². The lowest BCUT2D eigenvalue weighted by molar-refractivity contribution is 0.582. The van der Waals surface area contributed by atoms with Crippen molar-refractivity contribution < 1.29 is 8.42 Å². The fourth-order valence-corrected chi connectivity index (χ4v) is 3.72. The molecule has 0 amide bonds. The molecule has 2 heterocycles. The molecular formula is C19H23N5O2S. The van der Waals surface area contributed by atoms with E-state index in [1.165, 1.54) is 0 Å². The maximum Gasteiger partial charge on any atom is 0.240 e. The number of sulfonamides is 1. The summed E-state index contributed by atoms with van der Waals surface area (Å²) < 4.78 is 29.3. The predicted octanol–water partition coefficient (Wildman–Crippen LogP) is 2.58. The summed E-state index contributed by atoms with van der Waals surface area (Å²) in [7, 11) is -3.53. The van der Waals surface area contributed by atoms with Gasteiger partial charge in [-0.2, -0.15) is 0 Å². The topological polar surface area (TPSA) is 88.9 Å². The molecule has 0 saturated carbocycles. The monoisotopic (exact) mass is 385 g/mol. The number of hydrogen-bond acceptors (Lipinski definition) is 5. The van der Waals surface area contributed by atoms with Gasteiger partial charge in [0, 0.05) is 31.5 Å². The van der Waals surface area contributed by atoms with E-state index in [4.69, 9.17) is 0 Å². The third kappa shape index (κ3) is 4.72. The average Bonchev–Trinajstić information content (AvgIpc) is 3.15. The smallest absolute Gasteiger partial charge is 0.240 e. The zero-order chi connectivity index (χ0) is 19.4. The lowest BCUT2D eigenvalue weighted by atomic mass is 10.1. The Morgan fingerprint density at radius 2 is 1.70 bits per heavy atom. The SMILES string of the molecule is Cc1nc(NCCNS(=O)(=O)c2ccc(C)c(C)c2)cc(-n2cccc2)n1. The van der Waals surface area contributed by atoms with Crippen LogP contribution in [0.2, 0.25) is 0 Å². The predicted molar refractivity (Wildman–Crippen MR) is 106 cm³/mol. The van der Waals surface area contributed by atoms with Gasteiger partial charge in [-0.15, -0.1) is 0 Å². The fourth-order valence-electron chi connectivity index (χ4n) is 2.60. The Kier molecular flexibility index (Phi) is 5.57. The molecule has 1 aromatic carbocycles. The van der Waals surface area contributed by atoms with Gasteiger partial charge < -0.3 is 9.88 Å². The van der Waals surface area contributed by atoms with Crippen LogP contribution in [0.25, 0.3) is 5.82 Å². The number of rotatable bonds is 7. The average molecular weight is 385 g/mol. The van der Waals surface area contributed by atoms with Gasteiger partial charge in [0.15, 0.2) is 0 Å². The van der Waals surface area contributed by atoms with Crippen molar-refractivity contribution in [2.45, 2.75) is 25.7 Å². The highest BCUT2D eigenvalue weighted by Crippen LogP contribution is 2.14. The van der Waals surface area contributed by atoms with Crippen molar-refractivity contribution in [1.29, 1.82) is 0 Å². The summed E-state index contributed by atoms with van der Waals surface area (Å²) in [5, 5.41) is 3.14. The van der Waals surface area contributed by atoms with E-state index in [0.717, 1.165) is 16.9 Å². The molecule has 0 radical (unpaired) electrons. The molecule has 7 nitrogen and oxygen atoms in total. The Balaban J connectivity index is 1.61. The molecule has 8 heteroatoms. The zero-order valence-corrected chi connectivity index (χ0v) is 16.4. The summed E-state index contributed by atoms with van der Waals surface area (Å²) >= 11 is 0. The molecule has 0 aliphatic carbocycles. The van der Waals surface area contributed by atoms with Gasteiger partial charge >= 0.3 is 0 Å². The molecule has 3 rings (SSSR count). The molecule has 0 saturated heterocycles. The van der Waals surface area contributed by atoms with Gasteiger partial charge in [0.05, 0.1) is 4.90 Å². The molecule has 0 bridgehead atoms.